The van der Waals surface area contributed by atoms with Gasteiger partial charge in [-0.25, -0.2) is 0 Å². The zero-order valence-corrected chi connectivity index (χ0v) is 11.0. The van der Waals surface area contributed by atoms with Crippen molar-refractivity contribution in [1.29, 1.82) is 0 Å². The first-order valence-corrected chi connectivity index (χ1v) is 6.41. The first-order valence-electron chi connectivity index (χ1n) is 5.88. The molecule has 0 aliphatic carbocycles. The SMILES string of the molecule is CCC(CC)N(CCCl)C(=O)c1ccnnc1. The van der Waals surface area contributed by atoms with Crippen LogP contribution in [0.4, 0.5) is 0 Å². The van der Waals surface area contributed by atoms with E-state index in [0.717, 1.165) is 12.8 Å². The van der Waals surface area contributed by atoms with Gasteiger partial charge in [-0.15, -0.1) is 11.6 Å². The highest BCUT2D eigenvalue weighted by Gasteiger charge is 2.21. The number of nitrogens with zero attached hydrogens (tertiary/aromatic N) is 3. The molecule has 1 aromatic rings. The van der Waals surface area contributed by atoms with E-state index in [4.69, 9.17) is 11.6 Å². The summed E-state index contributed by atoms with van der Waals surface area (Å²) in [7, 11) is 0. The molecule has 0 aliphatic heterocycles. The van der Waals surface area contributed by atoms with Crippen LogP contribution in [-0.4, -0.2) is 39.5 Å². The Morgan fingerprint density at radius 1 is 1.41 bits per heavy atom. The number of alkyl halides is 1. The average molecular weight is 256 g/mol. The second-order valence-corrected chi connectivity index (χ2v) is 4.17. The van der Waals surface area contributed by atoms with Crippen LogP contribution in [-0.2, 0) is 0 Å². The molecule has 0 spiro atoms. The summed E-state index contributed by atoms with van der Waals surface area (Å²) in [4.78, 5) is 14.1. The summed E-state index contributed by atoms with van der Waals surface area (Å²) in [6.45, 7) is 4.72. The van der Waals surface area contributed by atoms with Crippen LogP contribution in [0.25, 0.3) is 0 Å². The van der Waals surface area contributed by atoms with Gasteiger partial charge in [0.25, 0.3) is 5.91 Å². The van der Waals surface area contributed by atoms with E-state index in [1.54, 1.807) is 6.07 Å². The topological polar surface area (TPSA) is 46.1 Å². The summed E-state index contributed by atoms with van der Waals surface area (Å²) in [5.41, 5.74) is 0.567. The number of amides is 1. The normalized spacial score (nSPS) is 10.6. The van der Waals surface area contributed by atoms with Crippen molar-refractivity contribution in [3.8, 4) is 0 Å². The van der Waals surface area contributed by atoms with Crippen LogP contribution < -0.4 is 0 Å². The van der Waals surface area contributed by atoms with Gasteiger partial charge >= 0.3 is 0 Å². The van der Waals surface area contributed by atoms with Gasteiger partial charge in [0.15, 0.2) is 0 Å². The van der Waals surface area contributed by atoms with Crippen LogP contribution >= 0.6 is 11.6 Å². The molecule has 5 heteroatoms. The van der Waals surface area contributed by atoms with Crippen LogP contribution in [0, 0.1) is 0 Å². The number of rotatable bonds is 6. The molecule has 1 rings (SSSR count). The molecule has 1 aromatic heterocycles. The van der Waals surface area contributed by atoms with E-state index >= 15 is 0 Å². The summed E-state index contributed by atoms with van der Waals surface area (Å²) in [5.74, 6) is 0.426. The zero-order valence-electron chi connectivity index (χ0n) is 10.3. The Bertz CT molecular complexity index is 341. The maximum atomic E-state index is 12.3. The van der Waals surface area contributed by atoms with Gasteiger partial charge in [-0.3, -0.25) is 4.79 Å². The van der Waals surface area contributed by atoms with Crippen LogP contribution in [0.15, 0.2) is 18.5 Å². The molecule has 0 radical (unpaired) electrons. The molecule has 1 heterocycles. The van der Waals surface area contributed by atoms with Gasteiger partial charge in [0.1, 0.15) is 0 Å². The number of hydrogen-bond acceptors (Lipinski definition) is 3. The summed E-state index contributed by atoms with van der Waals surface area (Å²) in [6, 6.07) is 1.91. The second kappa shape index (κ2) is 7.22. The van der Waals surface area contributed by atoms with Gasteiger partial charge in [-0.2, -0.15) is 10.2 Å². The molecule has 0 bridgehead atoms. The second-order valence-electron chi connectivity index (χ2n) is 3.79. The Kier molecular flexibility index (Phi) is 5.91. The van der Waals surface area contributed by atoms with Gasteiger partial charge < -0.3 is 4.90 Å². The molecule has 0 N–H and O–H groups in total. The van der Waals surface area contributed by atoms with Crippen LogP contribution in [0.5, 0.6) is 0 Å². The molecule has 0 unspecified atom stereocenters. The fraction of sp³-hybridized carbons (Fsp3) is 0.583. The predicted octanol–water partition coefficient (Wildman–Crippen LogP) is 2.35. The highest BCUT2D eigenvalue weighted by molar-refractivity contribution is 6.18. The van der Waals surface area contributed by atoms with E-state index < -0.39 is 0 Å². The van der Waals surface area contributed by atoms with E-state index in [2.05, 4.69) is 24.0 Å². The molecule has 17 heavy (non-hydrogen) atoms. The summed E-state index contributed by atoms with van der Waals surface area (Å²) in [5, 5.41) is 7.40. The Labute approximate surface area is 107 Å². The van der Waals surface area contributed by atoms with Gasteiger partial charge in [0, 0.05) is 18.5 Å². The van der Waals surface area contributed by atoms with E-state index in [9.17, 15) is 4.79 Å². The minimum Gasteiger partial charge on any atom is -0.334 e. The lowest BCUT2D eigenvalue weighted by molar-refractivity contribution is 0.0681. The molecule has 0 saturated heterocycles. The Balaban J connectivity index is 2.87. The number of carbonyl (C=O) groups excluding carboxylic acids is 1. The molecule has 1 amide bonds. The van der Waals surface area contributed by atoms with Gasteiger partial charge in [-0.05, 0) is 18.9 Å². The largest absolute Gasteiger partial charge is 0.334 e. The number of hydrogen-bond donors (Lipinski definition) is 0. The third-order valence-corrected chi connectivity index (χ3v) is 2.97. The molecule has 0 aromatic carbocycles. The summed E-state index contributed by atoms with van der Waals surface area (Å²) in [6.07, 6.45) is 4.88. The minimum absolute atomic E-state index is 0.0192. The van der Waals surface area contributed by atoms with Gasteiger partial charge in [-0.1, -0.05) is 13.8 Å². The summed E-state index contributed by atoms with van der Waals surface area (Å²) >= 11 is 5.76. The first-order chi connectivity index (χ1) is 8.24. The van der Waals surface area contributed by atoms with Crippen molar-refractivity contribution in [1.82, 2.24) is 15.1 Å². The van der Waals surface area contributed by atoms with E-state index in [-0.39, 0.29) is 11.9 Å². The van der Waals surface area contributed by atoms with E-state index in [1.807, 2.05) is 4.90 Å². The monoisotopic (exact) mass is 255 g/mol. The third kappa shape index (κ3) is 3.66. The first kappa shape index (κ1) is 13.9. The highest BCUT2D eigenvalue weighted by atomic mass is 35.5. The molecular formula is C12H18ClN3O. The number of aromatic nitrogens is 2. The smallest absolute Gasteiger partial charge is 0.255 e. The average Bonchev–Trinajstić information content (AvgIpc) is 2.39. The lowest BCUT2D eigenvalue weighted by atomic mass is 10.1. The molecular weight excluding hydrogens is 238 g/mol. The lowest BCUT2D eigenvalue weighted by Crippen LogP contribution is -2.41. The molecule has 4 nitrogen and oxygen atoms in total. The van der Waals surface area contributed by atoms with E-state index in [0.29, 0.717) is 18.0 Å². The van der Waals surface area contributed by atoms with Crippen molar-refractivity contribution in [3.63, 3.8) is 0 Å². The van der Waals surface area contributed by atoms with Crippen molar-refractivity contribution >= 4 is 17.5 Å². The Morgan fingerprint density at radius 2 is 2.12 bits per heavy atom. The lowest BCUT2D eigenvalue weighted by Gasteiger charge is -2.29. The van der Waals surface area contributed by atoms with Crippen LogP contribution in [0.3, 0.4) is 0 Å². The fourth-order valence-corrected chi connectivity index (χ4v) is 2.04. The van der Waals surface area contributed by atoms with Crippen LogP contribution in [0.2, 0.25) is 0 Å². The number of halogens is 1. The maximum Gasteiger partial charge on any atom is 0.255 e. The zero-order chi connectivity index (χ0) is 12.7. The van der Waals surface area contributed by atoms with Crippen molar-refractivity contribution in [3.05, 3.63) is 24.0 Å². The van der Waals surface area contributed by atoms with Crippen molar-refractivity contribution in [2.24, 2.45) is 0 Å². The fourth-order valence-electron chi connectivity index (χ4n) is 1.85. The quantitative estimate of drug-likeness (QED) is 0.733. The predicted molar refractivity (Wildman–Crippen MR) is 68.2 cm³/mol. The van der Waals surface area contributed by atoms with Gasteiger partial charge in [0.05, 0.1) is 18.0 Å². The Hall–Kier alpha value is -1.16. The summed E-state index contributed by atoms with van der Waals surface area (Å²) < 4.78 is 0. The third-order valence-electron chi connectivity index (χ3n) is 2.80. The van der Waals surface area contributed by atoms with E-state index in [1.165, 1.54) is 12.4 Å². The molecule has 0 atom stereocenters. The molecule has 0 saturated carbocycles. The number of carbonyl (C=O) groups is 1. The van der Waals surface area contributed by atoms with Crippen molar-refractivity contribution in [2.75, 3.05) is 12.4 Å². The molecule has 0 aliphatic rings. The maximum absolute atomic E-state index is 12.3. The van der Waals surface area contributed by atoms with Gasteiger partial charge in [0.2, 0.25) is 0 Å². The van der Waals surface area contributed by atoms with Crippen molar-refractivity contribution in [2.45, 2.75) is 32.7 Å². The minimum atomic E-state index is -0.0192. The standard InChI is InChI=1S/C12H18ClN3O/c1-3-11(4-2)16(8-6-13)12(17)10-5-7-14-15-9-10/h5,7,9,11H,3-4,6,8H2,1-2H3. The molecule has 94 valence electrons. The van der Waals surface area contributed by atoms with Crippen molar-refractivity contribution < 1.29 is 4.79 Å². The highest BCUT2D eigenvalue weighted by Crippen LogP contribution is 2.13. The molecule has 0 fully saturated rings. The Morgan fingerprint density at radius 3 is 2.59 bits per heavy atom. The van der Waals surface area contributed by atoms with Crippen LogP contribution in [0.1, 0.15) is 37.0 Å².